The van der Waals surface area contributed by atoms with Crippen molar-refractivity contribution in [1.82, 2.24) is 4.90 Å². The lowest BCUT2D eigenvalue weighted by Gasteiger charge is -2.33. The van der Waals surface area contributed by atoms with Gasteiger partial charge in [0.25, 0.3) is 0 Å². The molecule has 2 N–H and O–H groups in total. The van der Waals surface area contributed by atoms with Crippen LogP contribution >= 0.6 is 0 Å². The van der Waals surface area contributed by atoms with E-state index in [0.29, 0.717) is 11.7 Å². The Kier molecular flexibility index (Phi) is 3.61. The van der Waals surface area contributed by atoms with Crippen LogP contribution in [0.15, 0.2) is 18.2 Å². The van der Waals surface area contributed by atoms with Gasteiger partial charge in [-0.25, -0.2) is 9.18 Å². The van der Waals surface area contributed by atoms with Crippen molar-refractivity contribution >= 4 is 11.7 Å². The summed E-state index contributed by atoms with van der Waals surface area (Å²) < 4.78 is 13.7. The molecule has 0 aliphatic carbocycles. The minimum atomic E-state index is -1.22. The number of nitrogens with zero attached hydrogens (tertiary/aromatic N) is 1. The number of carboxylic acid groups (broad SMARTS) is 1. The van der Waals surface area contributed by atoms with Crippen LogP contribution in [0.2, 0.25) is 0 Å². The Bertz CT molecular complexity index is 521. The first-order valence-corrected chi connectivity index (χ1v) is 7.19. The molecule has 2 saturated heterocycles. The molecular formula is C15H19FN2O2. The van der Waals surface area contributed by atoms with Crippen LogP contribution in [0.4, 0.5) is 10.1 Å². The van der Waals surface area contributed by atoms with Gasteiger partial charge in [0.1, 0.15) is 11.4 Å². The van der Waals surface area contributed by atoms with E-state index in [0.717, 1.165) is 25.9 Å². The van der Waals surface area contributed by atoms with Gasteiger partial charge in [-0.15, -0.1) is 0 Å². The maximum atomic E-state index is 13.7. The van der Waals surface area contributed by atoms with E-state index in [4.69, 9.17) is 5.11 Å². The average molecular weight is 278 g/mol. The molecule has 3 rings (SSSR count). The Balaban J connectivity index is 1.81. The van der Waals surface area contributed by atoms with E-state index in [1.807, 2.05) is 0 Å². The Hall–Kier alpha value is -1.62. The predicted molar refractivity (Wildman–Crippen MR) is 74.6 cm³/mol. The number of carbonyl (C=O) groups is 1. The molecule has 0 bridgehead atoms. The Labute approximate surface area is 117 Å². The lowest BCUT2D eigenvalue weighted by atomic mass is 9.98. The molecule has 2 unspecified atom stereocenters. The van der Waals surface area contributed by atoms with Gasteiger partial charge >= 0.3 is 5.97 Å². The van der Waals surface area contributed by atoms with Crippen molar-refractivity contribution in [3.8, 4) is 0 Å². The fourth-order valence-corrected chi connectivity index (χ4v) is 3.48. The van der Waals surface area contributed by atoms with Crippen LogP contribution in [0.1, 0.15) is 36.0 Å². The number of nitrogens with one attached hydrogen (secondary N) is 1. The summed E-state index contributed by atoms with van der Waals surface area (Å²) in [6, 6.07) is 5.06. The molecular weight excluding hydrogens is 259 g/mol. The summed E-state index contributed by atoms with van der Waals surface area (Å²) in [5.74, 6) is -1.90. The van der Waals surface area contributed by atoms with Crippen LogP contribution in [-0.4, -0.2) is 41.1 Å². The summed E-state index contributed by atoms with van der Waals surface area (Å²) in [4.78, 5) is 13.7. The van der Waals surface area contributed by atoms with Gasteiger partial charge in [-0.3, -0.25) is 4.90 Å². The van der Waals surface area contributed by atoms with E-state index in [2.05, 4.69) is 10.2 Å². The molecule has 2 heterocycles. The van der Waals surface area contributed by atoms with E-state index in [1.165, 1.54) is 18.9 Å². The Morgan fingerprint density at radius 1 is 1.30 bits per heavy atom. The Morgan fingerprint density at radius 3 is 2.95 bits per heavy atom. The third-order valence-electron chi connectivity index (χ3n) is 4.42. The molecule has 2 aliphatic heterocycles. The molecule has 0 radical (unpaired) electrons. The molecule has 108 valence electrons. The van der Waals surface area contributed by atoms with Crippen LogP contribution in [0.25, 0.3) is 0 Å². The molecule has 4 nitrogen and oxygen atoms in total. The average Bonchev–Trinajstić information content (AvgIpc) is 2.82. The van der Waals surface area contributed by atoms with Gasteiger partial charge in [-0.2, -0.15) is 0 Å². The first-order valence-electron chi connectivity index (χ1n) is 7.19. The van der Waals surface area contributed by atoms with Crippen molar-refractivity contribution in [3.05, 3.63) is 29.6 Å². The maximum Gasteiger partial charge on any atom is 0.340 e. The van der Waals surface area contributed by atoms with Crippen molar-refractivity contribution < 1.29 is 14.3 Å². The molecule has 0 saturated carbocycles. The first kappa shape index (κ1) is 13.4. The molecule has 1 aromatic carbocycles. The molecule has 2 fully saturated rings. The lowest BCUT2D eigenvalue weighted by Crippen LogP contribution is -2.41. The number of benzene rings is 1. The number of anilines is 1. The zero-order chi connectivity index (χ0) is 14.1. The highest BCUT2D eigenvalue weighted by molar-refractivity contribution is 5.94. The maximum absolute atomic E-state index is 13.7. The fourth-order valence-electron chi connectivity index (χ4n) is 3.48. The summed E-state index contributed by atoms with van der Waals surface area (Å²) in [5.41, 5.74) is 0.150. The smallest absolute Gasteiger partial charge is 0.340 e. The van der Waals surface area contributed by atoms with Crippen molar-refractivity contribution in [2.24, 2.45) is 0 Å². The van der Waals surface area contributed by atoms with Gasteiger partial charge in [0, 0.05) is 18.6 Å². The highest BCUT2D eigenvalue weighted by Crippen LogP contribution is 2.30. The summed E-state index contributed by atoms with van der Waals surface area (Å²) in [5, 5.41) is 12.4. The molecule has 20 heavy (non-hydrogen) atoms. The second-order valence-corrected chi connectivity index (χ2v) is 5.61. The van der Waals surface area contributed by atoms with Gasteiger partial charge in [0.05, 0.1) is 5.69 Å². The van der Waals surface area contributed by atoms with E-state index in [1.54, 1.807) is 12.1 Å². The van der Waals surface area contributed by atoms with Gasteiger partial charge in [-0.05, 0) is 37.9 Å². The zero-order valence-electron chi connectivity index (χ0n) is 11.3. The quantitative estimate of drug-likeness (QED) is 0.892. The summed E-state index contributed by atoms with van der Waals surface area (Å²) in [7, 11) is 0. The number of halogens is 1. The number of piperidine rings is 1. The first-order chi connectivity index (χ1) is 9.66. The number of rotatable bonds is 3. The molecule has 2 aliphatic rings. The van der Waals surface area contributed by atoms with Gasteiger partial charge in [0.2, 0.25) is 0 Å². The highest BCUT2D eigenvalue weighted by Gasteiger charge is 2.36. The van der Waals surface area contributed by atoms with Crippen LogP contribution in [0.3, 0.4) is 0 Å². The lowest BCUT2D eigenvalue weighted by molar-refractivity contribution is 0.0693. The van der Waals surface area contributed by atoms with Crippen molar-refractivity contribution in [2.75, 3.05) is 18.4 Å². The molecule has 0 amide bonds. The summed E-state index contributed by atoms with van der Waals surface area (Å²) in [6.07, 6.45) is 4.58. The Morgan fingerprint density at radius 2 is 2.15 bits per heavy atom. The number of hydrogen-bond donors (Lipinski definition) is 2. The van der Waals surface area contributed by atoms with E-state index in [9.17, 15) is 9.18 Å². The van der Waals surface area contributed by atoms with Gasteiger partial charge in [-0.1, -0.05) is 12.5 Å². The number of carboxylic acids is 1. The predicted octanol–water partition coefficient (Wildman–Crippen LogP) is 2.56. The fraction of sp³-hybridized carbons (Fsp3) is 0.533. The third-order valence-corrected chi connectivity index (χ3v) is 4.42. The minimum absolute atomic E-state index is 0.218. The number of hydrogen-bond acceptors (Lipinski definition) is 3. The minimum Gasteiger partial charge on any atom is -0.478 e. The monoisotopic (exact) mass is 278 g/mol. The highest BCUT2D eigenvalue weighted by atomic mass is 19.1. The topological polar surface area (TPSA) is 52.6 Å². The zero-order valence-corrected chi connectivity index (χ0v) is 11.3. The van der Waals surface area contributed by atoms with Crippen LogP contribution in [-0.2, 0) is 0 Å². The van der Waals surface area contributed by atoms with Crippen LogP contribution in [0.5, 0.6) is 0 Å². The largest absolute Gasteiger partial charge is 0.478 e. The second-order valence-electron chi connectivity index (χ2n) is 5.61. The molecule has 2 atom stereocenters. The van der Waals surface area contributed by atoms with E-state index >= 15 is 0 Å². The van der Waals surface area contributed by atoms with Gasteiger partial charge in [0.15, 0.2) is 0 Å². The van der Waals surface area contributed by atoms with Crippen molar-refractivity contribution in [3.63, 3.8) is 0 Å². The number of fused-ring (bicyclic) bond motifs is 1. The second kappa shape index (κ2) is 5.40. The van der Waals surface area contributed by atoms with Crippen LogP contribution in [0, 0.1) is 5.82 Å². The van der Waals surface area contributed by atoms with E-state index < -0.39 is 11.8 Å². The van der Waals surface area contributed by atoms with E-state index in [-0.39, 0.29) is 11.6 Å². The molecule has 1 aromatic rings. The molecule has 0 spiro atoms. The SMILES string of the molecule is O=C(O)c1c(F)cccc1NC1CCN2CCCCC12. The van der Waals surface area contributed by atoms with Crippen molar-refractivity contribution in [2.45, 2.75) is 37.8 Å². The van der Waals surface area contributed by atoms with Crippen LogP contribution < -0.4 is 5.32 Å². The summed E-state index contributed by atoms with van der Waals surface area (Å²) >= 11 is 0. The normalized spacial score (nSPS) is 26.2. The number of aromatic carboxylic acids is 1. The molecule has 5 heteroatoms. The third kappa shape index (κ3) is 2.38. The van der Waals surface area contributed by atoms with Gasteiger partial charge < -0.3 is 10.4 Å². The summed E-state index contributed by atoms with van der Waals surface area (Å²) in [6.45, 7) is 2.16. The standard InChI is InChI=1S/C15H19FN2O2/c16-10-4-3-5-12(14(10)15(19)20)17-11-7-9-18-8-2-1-6-13(11)18/h3-5,11,13,17H,1-2,6-9H2,(H,19,20). The molecule has 0 aromatic heterocycles. The van der Waals surface area contributed by atoms with Crippen molar-refractivity contribution in [1.29, 1.82) is 0 Å².